The minimum atomic E-state index is -1.26. The second kappa shape index (κ2) is 4.99. The highest BCUT2D eigenvalue weighted by Crippen LogP contribution is 2.16. The summed E-state index contributed by atoms with van der Waals surface area (Å²) in [5.74, 6) is 0. The van der Waals surface area contributed by atoms with E-state index in [2.05, 4.69) is 50.5 Å². The van der Waals surface area contributed by atoms with Crippen molar-refractivity contribution in [3.8, 4) is 0 Å². The second-order valence-corrected chi connectivity index (χ2v) is 8.31. The summed E-state index contributed by atoms with van der Waals surface area (Å²) in [6.07, 6.45) is 0. The molecule has 0 rings (SSSR count). The third-order valence-corrected chi connectivity index (χ3v) is 8.34. The highest BCUT2D eigenvalue weighted by atomic mass is 28.3. The van der Waals surface area contributed by atoms with Crippen LogP contribution in [0.25, 0.3) is 0 Å². The summed E-state index contributed by atoms with van der Waals surface area (Å²) in [4.78, 5) is 0. The van der Waals surface area contributed by atoms with Gasteiger partial charge in [0.1, 0.15) is 0 Å². The van der Waals surface area contributed by atoms with Crippen LogP contribution in [0.1, 0.15) is 20.8 Å². The first-order valence-corrected chi connectivity index (χ1v) is 7.55. The summed E-state index contributed by atoms with van der Waals surface area (Å²) < 4.78 is 5.08. The number of hydrogen-bond donors (Lipinski definition) is 0. The van der Waals surface area contributed by atoms with Crippen LogP contribution in [0.5, 0.6) is 0 Å². The maximum absolute atomic E-state index is 2.63. The lowest BCUT2D eigenvalue weighted by molar-refractivity contribution is 0.401. The minimum Gasteiger partial charge on any atom is -0.317 e. The Labute approximate surface area is 78.7 Å². The summed E-state index contributed by atoms with van der Waals surface area (Å²) in [6, 6.07) is 1.31. The normalized spacial score (nSPS) is 17.0. The van der Waals surface area contributed by atoms with Crippen LogP contribution in [0.2, 0.25) is 12.6 Å². The molecule has 0 aliphatic carbocycles. The molecule has 0 saturated heterocycles. The molecular weight excluding hydrogens is 164 g/mol. The highest BCUT2D eigenvalue weighted by molar-refractivity contribution is 6.73. The standard InChI is InChI=1S/C9H24N2Si/c1-7-11(8-2)12(6,9-3)10(4)5/h7-9H2,1-6H3. The predicted molar refractivity (Wildman–Crippen MR) is 58.7 cm³/mol. The first kappa shape index (κ1) is 12.1. The third kappa shape index (κ3) is 2.31. The van der Waals surface area contributed by atoms with Gasteiger partial charge in [-0.25, -0.2) is 0 Å². The Kier molecular flexibility index (Phi) is 5.05. The van der Waals surface area contributed by atoms with Gasteiger partial charge in [0.15, 0.2) is 0 Å². The Hall–Kier alpha value is 0.137. The molecule has 0 aromatic rings. The van der Waals surface area contributed by atoms with Crippen LogP contribution in [-0.2, 0) is 0 Å². The molecule has 0 spiro atoms. The Bertz CT molecular complexity index is 124. The van der Waals surface area contributed by atoms with Gasteiger partial charge in [-0.2, -0.15) is 0 Å². The maximum Gasteiger partial charge on any atom is 0.202 e. The van der Waals surface area contributed by atoms with E-state index in [-0.39, 0.29) is 0 Å². The topological polar surface area (TPSA) is 6.48 Å². The van der Waals surface area contributed by atoms with Gasteiger partial charge in [0.05, 0.1) is 0 Å². The van der Waals surface area contributed by atoms with Crippen LogP contribution in [0, 0.1) is 0 Å². The summed E-state index contributed by atoms with van der Waals surface area (Å²) in [5, 5.41) is 0. The molecule has 12 heavy (non-hydrogen) atoms. The smallest absolute Gasteiger partial charge is 0.202 e. The van der Waals surface area contributed by atoms with Crippen molar-refractivity contribution in [3.63, 3.8) is 0 Å². The van der Waals surface area contributed by atoms with Crippen molar-refractivity contribution in [1.82, 2.24) is 9.13 Å². The van der Waals surface area contributed by atoms with Crippen molar-refractivity contribution in [2.75, 3.05) is 27.2 Å². The highest BCUT2D eigenvalue weighted by Gasteiger charge is 2.33. The molecule has 0 amide bonds. The Balaban J connectivity index is 4.47. The molecule has 0 N–H and O–H groups in total. The van der Waals surface area contributed by atoms with E-state index in [0.717, 1.165) is 0 Å². The molecule has 0 aromatic heterocycles. The van der Waals surface area contributed by atoms with Gasteiger partial charge >= 0.3 is 0 Å². The van der Waals surface area contributed by atoms with Crippen LogP contribution in [0.15, 0.2) is 0 Å². The molecule has 0 aliphatic heterocycles. The molecule has 0 aromatic carbocycles. The van der Waals surface area contributed by atoms with Gasteiger partial charge < -0.3 is 9.13 Å². The largest absolute Gasteiger partial charge is 0.317 e. The molecule has 0 radical (unpaired) electrons. The second-order valence-electron chi connectivity index (χ2n) is 3.64. The zero-order valence-electron chi connectivity index (χ0n) is 9.52. The summed E-state index contributed by atoms with van der Waals surface area (Å²) in [6.45, 7) is 11.6. The van der Waals surface area contributed by atoms with Gasteiger partial charge in [0.2, 0.25) is 8.40 Å². The average Bonchev–Trinajstić information content (AvgIpc) is 2.05. The molecule has 0 saturated carbocycles. The van der Waals surface area contributed by atoms with Gasteiger partial charge in [-0.3, -0.25) is 0 Å². The lowest BCUT2D eigenvalue weighted by Gasteiger charge is -2.42. The molecule has 1 unspecified atom stereocenters. The van der Waals surface area contributed by atoms with E-state index in [1.54, 1.807) is 0 Å². The fourth-order valence-corrected chi connectivity index (χ4v) is 4.74. The van der Waals surface area contributed by atoms with Gasteiger partial charge in [0, 0.05) is 0 Å². The van der Waals surface area contributed by atoms with Gasteiger partial charge in [-0.15, -0.1) is 0 Å². The minimum absolute atomic E-state index is 1.19. The molecule has 0 fully saturated rings. The Morgan fingerprint density at radius 1 is 1.00 bits per heavy atom. The molecular formula is C9H24N2Si. The third-order valence-electron chi connectivity index (χ3n) is 3.08. The fraction of sp³-hybridized carbons (Fsp3) is 1.00. The monoisotopic (exact) mass is 188 g/mol. The van der Waals surface area contributed by atoms with Crippen LogP contribution in [0.3, 0.4) is 0 Å². The maximum atomic E-state index is 2.63. The van der Waals surface area contributed by atoms with Crippen LogP contribution < -0.4 is 0 Å². The van der Waals surface area contributed by atoms with Crippen molar-refractivity contribution in [1.29, 1.82) is 0 Å². The lowest BCUT2D eigenvalue weighted by Crippen LogP contribution is -2.60. The van der Waals surface area contributed by atoms with Crippen molar-refractivity contribution in [2.24, 2.45) is 0 Å². The van der Waals surface area contributed by atoms with E-state index in [1.165, 1.54) is 19.1 Å². The predicted octanol–water partition coefficient (Wildman–Crippen LogP) is 1.98. The molecule has 3 heteroatoms. The first-order valence-electron chi connectivity index (χ1n) is 4.95. The molecule has 1 atom stereocenters. The molecule has 0 heterocycles. The van der Waals surface area contributed by atoms with E-state index in [9.17, 15) is 0 Å². The number of hydrogen-bond acceptors (Lipinski definition) is 2. The van der Waals surface area contributed by atoms with Crippen molar-refractivity contribution >= 4 is 8.40 Å². The van der Waals surface area contributed by atoms with Crippen LogP contribution in [0.4, 0.5) is 0 Å². The lowest BCUT2D eigenvalue weighted by atomic mass is 10.7. The van der Waals surface area contributed by atoms with Crippen molar-refractivity contribution in [3.05, 3.63) is 0 Å². The van der Waals surface area contributed by atoms with Crippen LogP contribution >= 0.6 is 0 Å². The van der Waals surface area contributed by atoms with E-state index in [1.807, 2.05) is 0 Å². The fourth-order valence-electron chi connectivity index (χ4n) is 1.73. The number of rotatable bonds is 5. The Morgan fingerprint density at radius 3 is 1.50 bits per heavy atom. The summed E-state index contributed by atoms with van der Waals surface area (Å²) in [7, 11) is 3.17. The quantitative estimate of drug-likeness (QED) is 0.609. The van der Waals surface area contributed by atoms with Gasteiger partial charge in [-0.05, 0) is 39.8 Å². The van der Waals surface area contributed by atoms with Crippen molar-refractivity contribution in [2.45, 2.75) is 33.4 Å². The first-order chi connectivity index (χ1) is 5.52. The van der Waals surface area contributed by atoms with Crippen LogP contribution in [-0.4, -0.2) is 44.7 Å². The number of nitrogens with zero attached hydrogens (tertiary/aromatic N) is 2. The van der Waals surface area contributed by atoms with E-state index >= 15 is 0 Å². The van der Waals surface area contributed by atoms with E-state index < -0.39 is 8.40 Å². The Morgan fingerprint density at radius 2 is 1.42 bits per heavy atom. The average molecular weight is 188 g/mol. The molecule has 2 nitrogen and oxygen atoms in total. The summed E-state index contributed by atoms with van der Waals surface area (Å²) in [5.41, 5.74) is 0. The van der Waals surface area contributed by atoms with Gasteiger partial charge in [-0.1, -0.05) is 20.8 Å². The molecule has 0 aliphatic rings. The zero-order valence-corrected chi connectivity index (χ0v) is 10.5. The van der Waals surface area contributed by atoms with Gasteiger partial charge in [0.25, 0.3) is 0 Å². The van der Waals surface area contributed by atoms with E-state index in [4.69, 9.17) is 0 Å². The summed E-state index contributed by atoms with van der Waals surface area (Å²) >= 11 is 0. The van der Waals surface area contributed by atoms with E-state index in [0.29, 0.717) is 0 Å². The molecule has 0 bridgehead atoms. The molecule has 74 valence electrons. The SMILES string of the molecule is CCN(CC)[Si](C)(CC)N(C)C. The zero-order chi connectivity index (χ0) is 9.78. The van der Waals surface area contributed by atoms with Crippen molar-refractivity contribution < 1.29 is 0 Å².